The molecule has 1 N–H and O–H groups in total. The highest BCUT2D eigenvalue weighted by Crippen LogP contribution is 2.32. The van der Waals surface area contributed by atoms with Crippen molar-refractivity contribution in [1.82, 2.24) is 0 Å². The van der Waals surface area contributed by atoms with Gasteiger partial charge >= 0.3 is 0 Å². The predicted molar refractivity (Wildman–Crippen MR) is 70.1 cm³/mol. The maximum Gasteiger partial charge on any atom is 0.135 e. The van der Waals surface area contributed by atoms with E-state index in [4.69, 9.17) is 11.6 Å². The molecular weight excluding hydrogens is 287 g/mol. The lowest BCUT2D eigenvalue weighted by molar-refractivity contribution is 0.474. The number of phenols is 1. The second-order valence-corrected chi connectivity index (χ2v) is 4.85. The van der Waals surface area contributed by atoms with Gasteiger partial charge in [0.2, 0.25) is 0 Å². The molecule has 0 unspecified atom stereocenters. The molecule has 0 bridgehead atoms. The Morgan fingerprint density at radius 3 is 2.50 bits per heavy atom. The van der Waals surface area contributed by atoms with Gasteiger partial charge in [-0.25, -0.2) is 0 Å². The number of halogens is 2. The van der Waals surface area contributed by atoms with Crippen LogP contribution in [0.25, 0.3) is 0 Å². The number of benzene rings is 2. The molecule has 82 valence electrons. The molecule has 0 aliphatic rings. The van der Waals surface area contributed by atoms with Crippen LogP contribution in [0.2, 0.25) is 5.02 Å². The maximum atomic E-state index is 9.60. The van der Waals surface area contributed by atoms with Crippen LogP contribution in [0, 0.1) is 0 Å². The van der Waals surface area contributed by atoms with Crippen molar-refractivity contribution in [3.63, 3.8) is 0 Å². The molecule has 2 aromatic rings. The fraction of sp³-hybridized carbons (Fsp3) is 0.0769. The minimum atomic E-state index is 0.113. The van der Waals surface area contributed by atoms with Crippen LogP contribution in [0.15, 0.2) is 46.9 Å². The van der Waals surface area contributed by atoms with E-state index in [0.29, 0.717) is 11.4 Å². The van der Waals surface area contributed by atoms with Crippen molar-refractivity contribution in [2.24, 2.45) is 0 Å². The average Bonchev–Trinajstić information content (AvgIpc) is 2.27. The molecule has 0 fully saturated rings. The Morgan fingerprint density at radius 1 is 1.12 bits per heavy atom. The quantitative estimate of drug-likeness (QED) is 0.871. The SMILES string of the molecule is Oc1cc(Br)cc(Cc2ccccc2)c1Cl. The lowest BCUT2D eigenvalue weighted by Crippen LogP contribution is -1.89. The van der Waals surface area contributed by atoms with Crippen molar-refractivity contribution in [2.75, 3.05) is 0 Å². The van der Waals surface area contributed by atoms with E-state index in [9.17, 15) is 5.11 Å². The number of aromatic hydroxyl groups is 1. The van der Waals surface area contributed by atoms with E-state index in [2.05, 4.69) is 15.9 Å². The third-order valence-electron chi connectivity index (χ3n) is 2.33. The standard InChI is InChI=1S/C13H10BrClO/c14-11-7-10(13(15)12(16)8-11)6-9-4-2-1-3-5-9/h1-5,7-8,16H,6H2. The van der Waals surface area contributed by atoms with Gasteiger partial charge in [-0.2, -0.15) is 0 Å². The summed E-state index contributed by atoms with van der Waals surface area (Å²) in [6, 6.07) is 13.5. The number of rotatable bonds is 2. The zero-order valence-electron chi connectivity index (χ0n) is 8.45. The lowest BCUT2D eigenvalue weighted by atomic mass is 10.0. The first-order chi connectivity index (χ1) is 7.66. The Bertz CT molecular complexity index is 497. The first-order valence-electron chi connectivity index (χ1n) is 4.87. The van der Waals surface area contributed by atoms with Crippen LogP contribution in [0.4, 0.5) is 0 Å². The molecule has 0 atom stereocenters. The Kier molecular flexibility index (Phi) is 3.52. The molecule has 0 spiro atoms. The summed E-state index contributed by atoms with van der Waals surface area (Å²) >= 11 is 9.39. The molecule has 0 saturated heterocycles. The summed E-state index contributed by atoms with van der Waals surface area (Å²) in [4.78, 5) is 0. The van der Waals surface area contributed by atoms with E-state index in [1.807, 2.05) is 36.4 Å². The monoisotopic (exact) mass is 296 g/mol. The molecule has 0 aliphatic heterocycles. The molecular formula is C13H10BrClO. The number of hydrogen-bond donors (Lipinski definition) is 1. The molecule has 2 aromatic carbocycles. The van der Waals surface area contributed by atoms with Crippen LogP contribution in [0.5, 0.6) is 5.75 Å². The minimum Gasteiger partial charge on any atom is -0.506 e. The predicted octanol–water partition coefficient (Wildman–Crippen LogP) is 4.40. The van der Waals surface area contributed by atoms with Gasteiger partial charge in [-0.3, -0.25) is 0 Å². The Hall–Kier alpha value is -0.990. The molecule has 1 nitrogen and oxygen atoms in total. The molecule has 0 radical (unpaired) electrons. The maximum absolute atomic E-state index is 9.60. The summed E-state index contributed by atoms with van der Waals surface area (Å²) in [5.74, 6) is 0.113. The van der Waals surface area contributed by atoms with Crippen molar-refractivity contribution < 1.29 is 5.11 Å². The third-order valence-corrected chi connectivity index (χ3v) is 3.23. The summed E-state index contributed by atoms with van der Waals surface area (Å²) in [6.07, 6.45) is 0.715. The number of hydrogen-bond acceptors (Lipinski definition) is 1. The van der Waals surface area contributed by atoms with Gasteiger partial charge in [0.05, 0.1) is 5.02 Å². The topological polar surface area (TPSA) is 20.2 Å². The molecule has 16 heavy (non-hydrogen) atoms. The third kappa shape index (κ3) is 2.57. The van der Waals surface area contributed by atoms with Crippen molar-refractivity contribution in [1.29, 1.82) is 0 Å². The van der Waals surface area contributed by atoms with Gasteiger partial charge in [0.15, 0.2) is 0 Å². The highest BCUT2D eigenvalue weighted by atomic mass is 79.9. The second-order valence-electron chi connectivity index (χ2n) is 3.56. The fourth-order valence-electron chi connectivity index (χ4n) is 1.57. The summed E-state index contributed by atoms with van der Waals surface area (Å²) < 4.78 is 0.834. The fourth-order valence-corrected chi connectivity index (χ4v) is 2.24. The zero-order chi connectivity index (χ0) is 11.5. The highest BCUT2D eigenvalue weighted by Gasteiger charge is 2.07. The first kappa shape index (κ1) is 11.5. The van der Waals surface area contributed by atoms with Crippen molar-refractivity contribution in [3.05, 3.63) is 63.1 Å². The van der Waals surface area contributed by atoms with Crippen LogP contribution < -0.4 is 0 Å². The van der Waals surface area contributed by atoms with Crippen LogP contribution in [0.1, 0.15) is 11.1 Å². The zero-order valence-corrected chi connectivity index (χ0v) is 10.8. The van der Waals surface area contributed by atoms with Crippen LogP contribution in [-0.2, 0) is 6.42 Å². The Balaban J connectivity index is 2.35. The van der Waals surface area contributed by atoms with Gasteiger partial charge in [-0.15, -0.1) is 0 Å². The van der Waals surface area contributed by atoms with Crippen molar-refractivity contribution in [2.45, 2.75) is 6.42 Å². The van der Waals surface area contributed by atoms with Crippen LogP contribution >= 0.6 is 27.5 Å². The first-order valence-corrected chi connectivity index (χ1v) is 6.05. The van der Waals surface area contributed by atoms with Gasteiger partial charge in [-0.05, 0) is 29.7 Å². The van der Waals surface area contributed by atoms with Gasteiger partial charge < -0.3 is 5.11 Å². The van der Waals surface area contributed by atoms with Gasteiger partial charge in [0.25, 0.3) is 0 Å². The summed E-state index contributed by atoms with van der Waals surface area (Å²) in [6.45, 7) is 0. The molecule has 3 heteroatoms. The highest BCUT2D eigenvalue weighted by molar-refractivity contribution is 9.10. The normalized spacial score (nSPS) is 10.4. The van der Waals surface area contributed by atoms with E-state index >= 15 is 0 Å². The van der Waals surface area contributed by atoms with Gasteiger partial charge in [0, 0.05) is 4.47 Å². The molecule has 0 aliphatic carbocycles. The van der Waals surface area contributed by atoms with E-state index in [-0.39, 0.29) is 5.75 Å². The Morgan fingerprint density at radius 2 is 1.81 bits per heavy atom. The summed E-state index contributed by atoms with van der Waals surface area (Å²) in [5, 5.41) is 10.0. The molecule has 2 rings (SSSR count). The van der Waals surface area contributed by atoms with Crippen LogP contribution in [0.3, 0.4) is 0 Å². The van der Waals surface area contributed by atoms with Gasteiger partial charge in [0.1, 0.15) is 5.75 Å². The second kappa shape index (κ2) is 4.89. The summed E-state index contributed by atoms with van der Waals surface area (Å²) in [7, 11) is 0. The minimum absolute atomic E-state index is 0.113. The van der Waals surface area contributed by atoms with Crippen molar-refractivity contribution >= 4 is 27.5 Å². The van der Waals surface area contributed by atoms with E-state index in [1.165, 1.54) is 5.56 Å². The van der Waals surface area contributed by atoms with E-state index in [0.717, 1.165) is 10.0 Å². The Labute approximate surface area is 108 Å². The molecule has 0 heterocycles. The lowest BCUT2D eigenvalue weighted by Gasteiger charge is -2.07. The van der Waals surface area contributed by atoms with E-state index in [1.54, 1.807) is 6.07 Å². The largest absolute Gasteiger partial charge is 0.506 e. The van der Waals surface area contributed by atoms with E-state index < -0.39 is 0 Å². The van der Waals surface area contributed by atoms with Gasteiger partial charge in [-0.1, -0.05) is 57.9 Å². The number of phenolic OH excluding ortho intramolecular Hbond substituents is 1. The summed E-state index contributed by atoms with van der Waals surface area (Å²) in [5.41, 5.74) is 2.08. The van der Waals surface area contributed by atoms with Crippen LogP contribution in [-0.4, -0.2) is 5.11 Å². The average molecular weight is 298 g/mol. The molecule has 0 amide bonds. The van der Waals surface area contributed by atoms with Crippen molar-refractivity contribution in [3.8, 4) is 5.75 Å². The molecule has 0 saturated carbocycles. The molecule has 0 aromatic heterocycles. The smallest absolute Gasteiger partial charge is 0.135 e.